The molecule has 0 spiro atoms. The van der Waals surface area contributed by atoms with Crippen molar-refractivity contribution in [1.29, 1.82) is 0 Å². The third-order valence-electron chi connectivity index (χ3n) is 3.08. The summed E-state index contributed by atoms with van der Waals surface area (Å²) < 4.78 is 1.01. The summed E-state index contributed by atoms with van der Waals surface area (Å²) in [5.41, 5.74) is 3.19. The average Bonchev–Trinajstić information content (AvgIpc) is 3.02. The first kappa shape index (κ1) is 14.9. The number of nitrogens with one attached hydrogen (secondary N) is 1. The molecule has 0 atom stereocenters. The molecule has 0 unspecified atom stereocenters. The van der Waals surface area contributed by atoms with Crippen molar-refractivity contribution in [3.8, 4) is 10.6 Å². The number of thiazole rings is 1. The second-order valence-electron chi connectivity index (χ2n) is 4.69. The molecule has 22 heavy (non-hydrogen) atoms. The van der Waals surface area contributed by atoms with Crippen LogP contribution >= 0.6 is 27.3 Å². The lowest BCUT2D eigenvalue weighted by Gasteiger charge is -2.05. The van der Waals surface area contributed by atoms with E-state index in [-0.39, 0.29) is 5.91 Å². The molecule has 0 saturated carbocycles. The van der Waals surface area contributed by atoms with E-state index in [1.807, 2.05) is 37.3 Å². The molecule has 0 bridgehead atoms. The Morgan fingerprint density at radius 2 is 2.00 bits per heavy atom. The minimum atomic E-state index is -0.210. The molecule has 0 aliphatic heterocycles. The lowest BCUT2D eigenvalue weighted by Crippen LogP contribution is -2.12. The molecular formula is C16H12BrN3OS. The van der Waals surface area contributed by atoms with Crippen LogP contribution in [0.4, 0.5) is 5.69 Å². The first-order valence-electron chi connectivity index (χ1n) is 6.57. The normalized spacial score (nSPS) is 10.5. The van der Waals surface area contributed by atoms with E-state index in [0.29, 0.717) is 5.69 Å². The van der Waals surface area contributed by atoms with E-state index >= 15 is 0 Å². The Hall–Kier alpha value is -2.05. The second-order valence-corrected chi connectivity index (χ2v) is 6.40. The van der Waals surface area contributed by atoms with E-state index in [1.165, 1.54) is 11.3 Å². The molecule has 110 valence electrons. The van der Waals surface area contributed by atoms with Crippen molar-refractivity contribution in [1.82, 2.24) is 9.97 Å². The van der Waals surface area contributed by atoms with E-state index in [4.69, 9.17) is 0 Å². The molecule has 4 nitrogen and oxygen atoms in total. The Kier molecular flexibility index (Phi) is 4.31. The fourth-order valence-corrected chi connectivity index (χ4v) is 2.98. The van der Waals surface area contributed by atoms with E-state index < -0.39 is 0 Å². The quantitative estimate of drug-likeness (QED) is 0.733. The lowest BCUT2D eigenvalue weighted by atomic mass is 10.2. The first-order valence-corrected chi connectivity index (χ1v) is 8.24. The molecule has 0 saturated heterocycles. The van der Waals surface area contributed by atoms with Gasteiger partial charge in [-0.1, -0.05) is 15.9 Å². The molecule has 2 heterocycles. The van der Waals surface area contributed by atoms with E-state index in [2.05, 4.69) is 31.2 Å². The van der Waals surface area contributed by atoms with Crippen LogP contribution in [0.5, 0.6) is 0 Å². The number of hydrogen-bond acceptors (Lipinski definition) is 4. The van der Waals surface area contributed by atoms with Crippen molar-refractivity contribution in [3.63, 3.8) is 0 Å². The van der Waals surface area contributed by atoms with Gasteiger partial charge in [-0.3, -0.25) is 9.78 Å². The van der Waals surface area contributed by atoms with Gasteiger partial charge < -0.3 is 5.32 Å². The molecular weight excluding hydrogens is 362 g/mol. The van der Waals surface area contributed by atoms with Crippen molar-refractivity contribution >= 4 is 38.9 Å². The van der Waals surface area contributed by atoms with Crippen LogP contribution in [-0.4, -0.2) is 15.9 Å². The largest absolute Gasteiger partial charge is 0.321 e. The third kappa shape index (κ3) is 3.23. The fraction of sp³-hybridized carbons (Fsp3) is 0.0625. The summed E-state index contributed by atoms with van der Waals surface area (Å²) in [5.74, 6) is -0.210. The molecule has 0 aliphatic rings. The standard InChI is InChI=1S/C16H12BrN3OS/c1-10-8-12(2-3-13(10)17)19-15(21)14-9-22-16(20-14)11-4-6-18-7-5-11/h2-9H,1H3,(H,19,21). The highest BCUT2D eigenvalue weighted by molar-refractivity contribution is 9.10. The highest BCUT2D eigenvalue weighted by atomic mass is 79.9. The highest BCUT2D eigenvalue weighted by Gasteiger charge is 2.12. The topological polar surface area (TPSA) is 54.9 Å². The van der Waals surface area contributed by atoms with Crippen molar-refractivity contribution in [3.05, 3.63) is 63.8 Å². The Balaban J connectivity index is 1.78. The minimum absolute atomic E-state index is 0.210. The summed E-state index contributed by atoms with van der Waals surface area (Å²) in [6.07, 6.45) is 3.42. The van der Waals surface area contributed by atoms with Gasteiger partial charge in [-0.2, -0.15) is 0 Å². The maximum Gasteiger partial charge on any atom is 0.275 e. The molecule has 0 aliphatic carbocycles. The van der Waals surface area contributed by atoms with Gasteiger partial charge in [0.15, 0.2) is 0 Å². The number of aryl methyl sites for hydroxylation is 1. The SMILES string of the molecule is Cc1cc(NC(=O)c2csc(-c3ccncc3)n2)ccc1Br. The van der Waals surface area contributed by atoms with Gasteiger partial charge in [0.2, 0.25) is 0 Å². The zero-order valence-corrected chi connectivity index (χ0v) is 14.1. The number of anilines is 1. The Morgan fingerprint density at radius 3 is 2.73 bits per heavy atom. The van der Waals surface area contributed by atoms with E-state index in [9.17, 15) is 4.79 Å². The van der Waals surface area contributed by atoms with Crippen LogP contribution in [0.1, 0.15) is 16.1 Å². The first-order chi connectivity index (χ1) is 10.6. The molecule has 0 fully saturated rings. The smallest absolute Gasteiger partial charge is 0.275 e. The number of aromatic nitrogens is 2. The Morgan fingerprint density at radius 1 is 1.23 bits per heavy atom. The van der Waals surface area contributed by atoms with E-state index in [1.54, 1.807) is 17.8 Å². The molecule has 3 rings (SSSR count). The van der Waals surface area contributed by atoms with Gasteiger partial charge >= 0.3 is 0 Å². The summed E-state index contributed by atoms with van der Waals surface area (Å²) in [4.78, 5) is 20.6. The van der Waals surface area contributed by atoms with Gasteiger partial charge in [-0.25, -0.2) is 4.98 Å². The van der Waals surface area contributed by atoms with Crippen LogP contribution in [0.25, 0.3) is 10.6 Å². The number of carbonyl (C=O) groups excluding carboxylic acids is 1. The Bertz CT molecular complexity index is 817. The fourth-order valence-electron chi connectivity index (χ4n) is 1.92. The number of halogens is 1. The highest BCUT2D eigenvalue weighted by Crippen LogP contribution is 2.24. The van der Waals surface area contributed by atoms with E-state index in [0.717, 1.165) is 26.3 Å². The zero-order valence-electron chi connectivity index (χ0n) is 11.7. The molecule has 1 N–H and O–H groups in total. The average molecular weight is 374 g/mol. The van der Waals surface area contributed by atoms with Crippen LogP contribution in [0, 0.1) is 6.92 Å². The number of pyridine rings is 1. The number of carbonyl (C=O) groups is 1. The van der Waals surface area contributed by atoms with Crippen LogP contribution in [0.2, 0.25) is 0 Å². The van der Waals surface area contributed by atoms with Gasteiger partial charge in [-0.15, -0.1) is 11.3 Å². The van der Waals surface area contributed by atoms with Gasteiger partial charge in [0.05, 0.1) is 0 Å². The molecule has 2 aromatic heterocycles. The number of nitrogens with zero attached hydrogens (tertiary/aromatic N) is 2. The summed E-state index contributed by atoms with van der Waals surface area (Å²) in [5, 5.41) is 5.43. The zero-order chi connectivity index (χ0) is 15.5. The van der Waals surface area contributed by atoms with Crippen LogP contribution in [0.3, 0.4) is 0 Å². The molecule has 3 aromatic rings. The molecule has 0 radical (unpaired) electrons. The van der Waals surface area contributed by atoms with Crippen molar-refractivity contribution in [2.45, 2.75) is 6.92 Å². The van der Waals surface area contributed by atoms with Gasteiger partial charge in [0, 0.05) is 33.5 Å². The maximum atomic E-state index is 12.3. The van der Waals surface area contributed by atoms with Gasteiger partial charge in [0.1, 0.15) is 10.7 Å². The summed E-state index contributed by atoms with van der Waals surface area (Å²) in [6, 6.07) is 9.43. The third-order valence-corrected chi connectivity index (χ3v) is 4.86. The van der Waals surface area contributed by atoms with Crippen LogP contribution in [-0.2, 0) is 0 Å². The molecule has 1 aromatic carbocycles. The lowest BCUT2D eigenvalue weighted by molar-refractivity contribution is 0.102. The molecule has 6 heteroatoms. The second kappa shape index (κ2) is 6.37. The van der Waals surface area contributed by atoms with Crippen LogP contribution in [0.15, 0.2) is 52.6 Å². The summed E-state index contributed by atoms with van der Waals surface area (Å²) in [6.45, 7) is 1.98. The summed E-state index contributed by atoms with van der Waals surface area (Å²) >= 11 is 4.88. The number of amides is 1. The maximum absolute atomic E-state index is 12.3. The van der Waals surface area contributed by atoms with Crippen molar-refractivity contribution < 1.29 is 4.79 Å². The van der Waals surface area contributed by atoms with Crippen LogP contribution < -0.4 is 5.32 Å². The van der Waals surface area contributed by atoms with Crippen molar-refractivity contribution in [2.75, 3.05) is 5.32 Å². The van der Waals surface area contributed by atoms with Crippen molar-refractivity contribution in [2.24, 2.45) is 0 Å². The minimum Gasteiger partial charge on any atom is -0.321 e. The monoisotopic (exact) mass is 373 g/mol. The van der Waals surface area contributed by atoms with Gasteiger partial charge in [-0.05, 0) is 42.8 Å². The number of hydrogen-bond donors (Lipinski definition) is 1. The Labute approximate surface area is 140 Å². The van der Waals surface area contributed by atoms with Gasteiger partial charge in [0.25, 0.3) is 5.91 Å². The molecule has 1 amide bonds. The number of benzene rings is 1. The predicted molar refractivity (Wildman–Crippen MR) is 92.2 cm³/mol. The number of rotatable bonds is 3. The predicted octanol–water partition coefficient (Wildman–Crippen LogP) is 4.53. The summed E-state index contributed by atoms with van der Waals surface area (Å²) in [7, 11) is 0.